The van der Waals surface area contributed by atoms with Gasteiger partial charge in [-0.05, 0) is 31.9 Å². The average molecular weight is 286 g/mol. The van der Waals surface area contributed by atoms with Gasteiger partial charge in [-0.2, -0.15) is 8.42 Å². The Bertz CT molecular complexity index is 524. The third kappa shape index (κ3) is 5.02. The number of hydrogen-bond donors (Lipinski definition) is 1. The molecule has 6 heteroatoms. The summed E-state index contributed by atoms with van der Waals surface area (Å²) in [6, 6.07) is 7.33. The molecule has 0 heterocycles. The van der Waals surface area contributed by atoms with E-state index in [2.05, 4.69) is 6.58 Å². The highest BCUT2D eigenvalue weighted by Gasteiger charge is 2.21. The zero-order chi connectivity index (χ0) is 14.5. The van der Waals surface area contributed by atoms with Crippen LogP contribution in [0.4, 0.5) is 0 Å². The van der Waals surface area contributed by atoms with Crippen molar-refractivity contribution < 1.29 is 22.4 Å². The summed E-state index contributed by atoms with van der Waals surface area (Å²) in [6.07, 6.45) is 1.58. The maximum Gasteiger partial charge on any atom is 0.292 e. The molecule has 19 heavy (non-hydrogen) atoms. The Balaban J connectivity index is 2.72. The highest BCUT2D eigenvalue weighted by Crippen LogP contribution is 2.21. The van der Waals surface area contributed by atoms with Gasteiger partial charge in [0.05, 0.1) is 0 Å². The van der Waals surface area contributed by atoms with E-state index < -0.39 is 21.8 Å². The summed E-state index contributed by atoms with van der Waals surface area (Å²) in [5.41, 5.74) is -0.415. The Hall–Kier alpha value is -1.37. The summed E-state index contributed by atoms with van der Waals surface area (Å²) in [5.74, 6) is 0.595. The molecule has 0 aromatic heterocycles. The van der Waals surface area contributed by atoms with Gasteiger partial charge >= 0.3 is 0 Å². The second-order valence-corrected chi connectivity index (χ2v) is 5.70. The summed E-state index contributed by atoms with van der Waals surface area (Å²) >= 11 is 0. The Morgan fingerprint density at radius 2 is 2.00 bits per heavy atom. The molecule has 0 fully saturated rings. The van der Waals surface area contributed by atoms with E-state index in [9.17, 15) is 8.42 Å². The van der Waals surface area contributed by atoms with Crippen LogP contribution >= 0.6 is 0 Å². The second kappa shape index (κ2) is 6.70. The molecular formula is C13H18O5S. The topological polar surface area (TPSA) is 72.8 Å². The molecule has 0 radical (unpaired) electrons. The summed E-state index contributed by atoms with van der Waals surface area (Å²) in [7, 11) is -4.23. The van der Waals surface area contributed by atoms with Gasteiger partial charge in [0.1, 0.15) is 5.75 Å². The minimum Gasteiger partial charge on any atom is -0.465 e. The molecule has 1 rings (SSSR count). The van der Waals surface area contributed by atoms with Gasteiger partial charge in [0.15, 0.2) is 11.7 Å². The maximum atomic E-state index is 10.9. The lowest BCUT2D eigenvalue weighted by Crippen LogP contribution is -2.28. The SMILES string of the molecule is C=CCc1ccccc1OC(C)OC(C)S(=O)(=O)O. The van der Waals surface area contributed by atoms with E-state index >= 15 is 0 Å². The van der Waals surface area contributed by atoms with Crippen molar-refractivity contribution in [2.75, 3.05) is 0 Å². The van der Waals surface area contributed by atoms with Crippen LogP contribution in [0.2, 0.25) is 0 Å². The smallest absolute Gasteiger partial charge is 0.292 e. The van der Waals surface area contributed by atoms with E-state index in [0.717, 1.165) is 5.56 Å². The van der Waals surface area contributed by atoms with Crippen LogP contribution in [0.25, 0.3) is 0 Å². The van der Waals surface area contributed by atoms with Crippen molar-refractivity contribution in [2.45, 2.75) is 32.0 Å². The van der Waals surface area contributed by atoms with Gasteiger partial charge in [-0.25, -0.2) is 0 Å². The van der Waals surface area contributed by atoms with Crippen molar-refractivity contribution >= 4 is 10.1 Å². The highest BCUT2D eigenvalue weighted by molar-refractivity contribution is 7.86. The number of hydrogen-bond acceptors (Lipinski definition) is 4. The molecule has 1 aromatic rings. The molecule has 1 aromatic carbocycles. The van der Waals surface area contributed by atoms with E-state index in [0.29, 0.717) is 12.2 Å². The third-order valence-electron chi connectivity index (χ3n) is 2.43. The van der Waals surface area contributed by atoms with Gasteiger partial charge in [-0.3, -0.25) is 4.55 Å². The average Bonchev–Trinajstić information content (AvgIpc) is 2.30. The normalized spacial score (nSPS) is 14.7. The second-order valence-electron chi connectivity index (χ2n) is 4.00. The van der Waals surface area contributed by atoms with E-state index in [1.807, 2.05) is 12.1 Å². The molecule has 0 aliphatic carbocycles. The monoisotopic (exact) mass is 286 g/mol. The fourth-order valence-electron chi connectivity index (χ4n) is 1.49. The summed E-state index contributed by atoms with van der Waals surface area (Å²) in [5, 5.41) is 0. The summed E-state index contributed by atoms with van der Waals surface area (Å²) in [6.45, 7) is 6.46. The zero-order valence-electron chi connectivity index (χ0n) is 10.9. The number of allylic oxidation sites excluding steroid dienone is 1. The molecule has 0 aliphatic rings. The van der Waals surface area contributed by atoms with Crippen LogP contribution in [0, 0.1) is 0 Å². The molecule has 2 unspecified atom stereocenters. The van der Waals surface area contributed by atoms with Crippen molar-refractivity contribution in [1.29, 1.82) is 0 Å². The molecular weight excluding hydrogens is 268 g/mol. The van der Waals surface area contributed by atoms with E-state index in [1.54, 1.807) is 25.1 Å². The fraction of sp³-hybridized carbons (Fsp3) is 0.385. The van der Waals surface area contributed by atoms with Crippen LogP contribution < -0.4 is 4.74 Å². The molecule has 0 aliphatic heterocycles. The molecule has 0 spiro atoms. The zero-order valence-corrected chi connectivity index (χ0v) is 11.8. The first-order chi connectivity index (χ1) is 8.84. The molecule has 5 nitrogen and oxygen atoms in total. The minimum absolute atomic E-state index is 0.595. The van der Waals surface area contributed by atoms with Crippen LogP contribution in [0.15, 0.2) is 36.9 Å². The third-order valence-corrected chi connectivity index (χ3v) is 3.38. The van der Waals surface area contributed by atoms with Crippen LogP contribution in [0.3, 0.4) is 0 Å². The van der Waals surface area contributed by atoms with Crippen LogP contribution in [-0.4, -0.2) is 24.7 Å². The number of ether oxygens (including phenoxy) is 2. The van der Waals surface area contributed by atoms with E-state index in [-0.39, 0.29) is 0 Å². The number of rotatable bonds is 7. The molecule has 0 saturated heterocycles. The number of benzene rings is 1. The first-order valence-electron chi connectivity index (χ1n) is 5.81. The van der Waals surface area contributed by atoms with Gasteiger partial charge < -0.3 is 9.47 Å². The van der Waals surface area contributed by atoms with Gasteiger partial charge in [0.2, 0.25) is 0 Å². The first-order valence-corrected chi connectivity index (χ1v) is 7.32. The standard InChI is InChI=1S/C13H18O5S/c1-4-7-12-8-5-6-9-13(12)18-10(2)17-11(3)19(14,15)16/h4-6,8-11H,1,7H2,2-3H3,(H,14,15,16). The minimum atomic E-state index is -4.23. The van der Waals surface area contributed by atoms with Gasteiger partial charge in [0.25, 0.3) is 10.1 Å². The quantitative estimate of drug-likeness (QED) is 0.473. The van der Waals surface area contributed by atoms with Gasteiger partial charge in [0, 0.05) is 0 Å². The Labute approximate surface area is 113 Å². The Kier molecular flexibility index (Phi) is 5.53. The fourth-order valence-corrected chi connectivity index (χ4v) is 1.79. The van der Waals surface area contributed by atoms with Crippen LogP contribution in [0.1, 0.15) is 19.4 Å². The molecule has 106 valence electrons. The van der Waals surface area contributed by atoms with Crippen molar-refractivity contribution in [2.24, 2.45) is 0 Å². The Morgan fingerprint density at radius 3 is 2.58 bits per heavy atom. The molecule has 0 amide bonds. The van der Waals surface area contributed by atoms with Crippen molar-refractivity contribution in [1.82, 2.24) is 0 Å². The predicted octanol–water partition coefficient (Wildman–Crippen LogP) is 2.39. The molecule has 1 N–H and O–H groups in total. The summed E-state index contributed by atoms with van der Waals surface area (Å²) in [4.78, 5) is 0. The molecule has 0 saturated carbocycles. The van der Waals surface area contributed by atoms with E-state index in [4.69, 9.17) is 14.0 Å². The predicted molar refractivity (Wildman–Crippen MR) is 72.5 cm³/mol. The lowest BCUT2D eigenvalue weighted by atomic mass is 10.1. The summed E-state index contributed by atoms with van der Waals surface area (Å²) < 4.78 is 41.1. The number of para-hydroxylation sites is 1. The highest BCUT2D eigenvalue weighted by atomic mass is 32.2. The Morgan fingerprint density at radius 1 is 1.37 bits per heavy atom. The molecule has 2 atom stereocenters. The van der Waals surface area contributed by atoms with E-state index in [1.165, 1.54) is 6.92 Å². The van der Waals surface area contributed by atoms with Crippen molar-refractivity contribution in [3.63, 3.8) is 0 Å². The van der Waals surface area contributed by atoms with Crippen LogP contribution in [-0.2, 0) is 21.3 Å². The lowest BCUT2D eigenvalue weighted by Gasteiger charge is -2.20. The lowest BCUT2D eigenvalue weighted by molar-refractivity contribution is -0.0781. The van der Waals surface area contributed by atoms with Gasteiger partial charge in [-0.15, -0.1) is 6.58 Å². The van der Waals surface area contributed by atoms with Crippen LogP contribution in [0.5, 0.6) is 5.75 Å². The van der Waals surface area contributed by atoms with Gasteiger partial charge in [-0.1, -0.05) is 24.3 Å². The maximum absolute atomic E-state index is 10.9. The van der Waals surface area contributed by atoms with Crippen molar-refractivity contribution in [3.05, 3.63) is 42.5 Å². The molecule has 0 bridgehead atoms. The van der Waals surface area contributed by atoms with Crippen molar-refractivity contribution in [3.8, 4) is 5.75 Å². The largest absolute Gasteiger partial charge is 0.465 e. The first kappa shape index (κ1) is 15.7.